The minimum Gasteiger partial charge on any atom is -0.0650 e. The van der Waals surface area contributed by atoms with Crippen LogP contribution in [0.2, 0.25) is 0 Å². The van der Waals surface area contributed by atoms with Gasteiger partial charge in [-0.25, -0.2) is 0 Å². The lowest BCUT2D eigenvalue weighted by molar-refractivity contribution is 0.413. The number of hydrogen-bond acceptors (Lipinski definition) is 2. The quantitative estimate of drug-likeness (QED) is 0.565. The van der Waals surface area contributed by atoms with Gasteiger partial charge >= 0.3 is 0 Å². The maximum Gasteiger partial charge on any atom is 0.214 e. The minimum absolute atomic E-state index is 0.132. The van der Waals surface area contributed by atoms with Crippen LogP contribution in [-0.4, -0.2) is 6.04 Å². The van der Waals surface area contributed by atoms with E-state index in [0.717, 1.165) is 12.8 Å². The van der Waals surface area contributed by atoms with E-state index in [-0.39, 0.29) is 6.04 Å². The predicted octanol–water partition coefficient (Wildman–Crippen LogP) is 3.19. The van der Waals surface area contributed by atoms with Crippen molar-refractivity contribution in [3.8, 4) is 0 Å². The van der Waals surface area contributed by atoms with E-state index in [1.807, 2.05) is 13.0 Å². The third-order valence-electron chi connectivity index (χ3n) is 2.79. The number of rotatable bonds is 5. The molecule has 1 aromatic rings. The number of nitrogens with one attached hydrogen (secondary N) is 1. The van der Waals surface area contributed by atoms with Crippen LogP contribution in [0.15, 0.2) is 35.4 Å². The van der Waals surface area contributed by atoms with Crippen LogP contribution < -0.4 is 4.91 Å². The number of hydrogen-bond donors (Lipinski definition) is 1. The predicted molar refractivity (Wildman–Crippen MR) is 60.7 cm³/mol. The highest BCUT2D eigenvalue weighted by molar-refractivity contribution is 5.15. The Labute approximate surface area is 90.8 Å². The van der Waals surface area contributed by atoms with Gasteiger partial charge in [0.1, 0.15) is 16.7 Å². The summed E-state index contributed by atoms with van der Waals surface area (Å²) in [7, 11) is 0. The molecule has 0 fully saturated rings. The summed E-state index contributed by atoms with van der Waals surface area (Å²) in [6.07, 6.45) is 2.08. The summed E-state index contributed by atoms with van der Waals surface area (Å²) in [4.78, 5) is 3.12. The van der Waals surface area contributed by atoms with Crippen molar-refractivity contribution in [2.75, 3.05) is 0 Å². The molecule has 2 unspecified atom stereocenters. The van der Waals surface area contributed by atoms with Gasteiger partial charge in [0.2, 0.25) is 4.91 Å². The van der Waals surface area contributed by atoms with Crippen molar-refractivity contribution in [1.82, 2.24) is 4.91 Å². The highest BCUT2D eigenvalue weighted by atomic mass is 15.1. The molecule has 15 heavy (non-hydrogen) atoms. The zero-order valence-corrected chi connectivity index (χ0v) is 9.35. The van der Waals surface area contributed by atoms with Gasteiger partial charge in [-0.05, 0) is 24.8 Å². The van der Waals surface area contributed by atoms with E-state index in [1.165, 1.54) is 5.56 Å². The molecule has 0 spiro atoms. The van der Waals surface area contributed by atoms with Gasteiger partial charge in [0, 0.05) is 0 Å². The molecule has 0 radical (unpaired) electrons. The van der Waals surface area contributed by atoms with Gasteiger partial charge in [0.25, 0.3) is 0 Å². The Bertz CT molecular complexity index is 328. The molecule has 3 heteroatoms. The van der Waals surface area contributed by atoms with E-state index in [9.17, 15) is 0 Å². The summed E-state index contributed by atoms with van der Waals surface area (Å²) in [6.45, 7) is 4.18. The number of nitrogens with zero attached hydrogens (tertiary/aromatic N) is 2. The van der Waals surface area contributed by atoms with Crippen molar-refractivity contribution in [3.63, 3.8) is 0 Å². The molecule has 0 heterocycles. The van der Waals surface area contributed by atoms with E-state index in [1.54, 1.807) is 0 Å². The van der Waals surface area contributed by atoms with Gasteiger partial charge in [-0.2, -0.15) is 0 Å². The molecule has 1 N–H and O–H groups in total. The molecule has 0 aliphatic carbocycles. The summed E-state index contributed by atoms with van der Waals surface area (Å²) in [5.41, 5.74) is 8.07. The molecule has 2 atom stereocenters. The molecule has 3 nitrogen and oxygen atoms in total. The lowest BCUT2D eigenvalue weighted by Gasteiger charge is -2.14. The van der Waals surface area contributed by atoms with Crippen molar-refractivity contribution in [2.24, 2.45) is 11.0 Å². The molecule has 0 amide bonds. The van der Waals surface area contributed by atoms with E-state index >= 15 is 0 Å². The molecular weight excluding hydrogens is 186 g/mol. The molecule has 1 aromatic carbocycles. The molecule has 0 saturated carbocycles. The summed E-state index contributed by atoms with van der Waals surface area (Å²) < 4.78 is 0. The smallest absolute Gasteiger partial charge is 0.0650 e. The zero-order valence-electron chi connectivity index (χ0n) is 9.35. The average molecular weight is 204 g/mol. The Morgan fingerprint density at radius 2 is 2.00 bits per heavy atom. The fourth-order valence-corrected chi connectivity index (χ4v) is 1.76. The Morgan fingerprint density at radius 3 is 2.53 bits per heavy atom. The Morgan fingerprint density at radius 1 is 1.33 bits per heavy atom. The zero-order chi connectivity index (χ0) is 11.1. The highest BCUT2D eigenvalue weighted by Gasteiger charge is 2.18. The van der Waals surface area contributed by atoms with Gasteiger partial charge in [0.15, 0.2) is 0 Å². The summed E-state index contributed by atoms with van der Waals surface area (Å²) >= 11 is 0. The molecule has 0 saturated heterocycles. The lowest BCUT2D eigenvalue weighted by Crippen LogP contribution is -2.17. The topological polar surface area (TPSA) is 50.3 Å². The van der Waals surface area contributed by atoms with Gasteiger partial charge in [0.05, 0.1) is 0 Å². The number of benzene rings is 1. The van der Waals surface area contributed by atoms with Crippen LogP contribution >= 0.6 is 0 Å². The Hall–Kier alpha value is -1.47. The minimum atomic E-state index is 0.132. The molecule has 0 bridgehead atoms. The van der Waals surface area contributed by atoms with Crippen LogP contribution in [0.5, 0.6) is 0 Å². The summed E-state index contributed by atoms with van der Waals surface area (Å²) in [5, 5.41) is 3.88. The van der Waals surface area contributed by atoms with Crippen LogP contribution in [0.3, 0.4) is 0 Å². The van der Waals surface area contributed by atoms with Gasteiger partial charge in [-0.15, -0.1) is 0 Å². The second-order valence-electron chi connectivity index (χ2n) is 3.81. The van der Waals surface area contributed by atoms with Gasteiger partial charge in [-0.1, -0.05) is 43.7 Å². The largest absolute Gasteiger partial charge is 0.214 e. The molecule has 0 aliphatic heterocycles. The van der Waals surface area contributed by atoms with Crippen LogP contribution in [0.4, 0.5) is 0 Å². The SMILES string of the molecule is CCC(Cc1ccccc1)C(C)N=[N+]=N. The third kappa shape index (κ3) is 3.64. The average Bonchev–Trinajstić information content (AvgIpc) is 2.27. The standard InChI is InChI=1S/C12H18N3/c1-3-12(10(2)14-15-13)9-11-7-5-4-6-8-11/h4-8,10,12-13H,3,9H2,1-2H3/q+1. The van der Waals surface area contributed by atoms with Crippen molar-refractivity contribution >= 4 is 0 Å². The Balaban J connectivity index is 2.65. The fraction of sp³-hybridized carbons (Fsp3) is 0.500. The fourth-order valence-electron chi connectivity index (χ4n) is 1.76. The van der Waals surface area contributed by atoms with E-state index < -0.39 is 0 Å². The first kappa shape index (κ1) is 11.6. The molecular formula is C12H18N3+. The lowest BCUT2D eigenvalue weighted by atomic mass is 9.91. The molecule has 80 valence electrons. The van der Waals surface area contributed by atoms with Crippen LogP contribution in [0.25, 0.3) is 0 Å². The first-order valence-electron chi connectivity index (χ1n) is 5.38. The van der Waals surface area contributed by atoms with Crippen LogP contribution in [0, 0.1) is 11.4 Å². The summed E-state index contributed by atoms with van der Waals surface area (Å²) in [6, 6.07) is 10.5. The highest BCUT2D eigenvalue weighted by Crippen LogP contribution is 2.17. The second kappa shape index (κ2) is 6.10. The first-order valence-corrected chi connectivity index (χ1v) is 5.38. The van der Waals surface area contributed by atoms with Crippen molar-refractivity contribution in [3.05, 3.63) is 35.9 Å². The van der Waals surface area contributed by atoms with Crippen molar-refractivity contribution < 1.29 is 0 Å². The Kier molecular flexibility index (Phi) is 4.72. The molecule has 1 rings (SSSR count). The second-order valence-corrected chi connectivity index (χ2v) is 3.81. The van der Waals surface area contributed by atoms with E-state index in [0.29, 0.717) is 5.92 Å². The monoisotopic (exact) mass is 204 g/mol. The third-order valence-corrected chi connectivity index (χ3v) is 2.79. The van der Waals surface area contributed by atoms with Crippen LogP contribution in [-0.2, 0) is 6.42 Å². The maximum absolute atomic E-state index is 6.74. The summed E-state index contributed by atoms with van der Waals surface area (Å²) in [5.74, 6) is 0.474. The normalized spacial score (nSPS) is 14.0. The van der Waals surface area contributed by atoms with Gasteiger partial charge in [-0.3, -0.25) is 0 Å². The van der Waals surface area contributed by atoms with Crippen molar-refractivity contribution in [1.29, 1.82) is 5.53 Å². The van der Waals surface area contributed by atoms with E-state index in [4.69, 9.17) is 5.53 Å². The first-order chi connectivity index (χ1) is 7.27. The van der Waals surface area contributed by atoms with E-state index in [2.05, 4.69) is 41.2 Å². The van der Waals surface area contributed by atoms with Gasteiger partial charge < -0.3 is 0 Å². The van der Waals surface area contributed by atoms with Crippen LogP contribution in [0.1, 0.15) is 25.8 Å². The van der Waals surface area contributed by atoms with Crippen molar-refractivity contribution in [2.45, 2.75) is 32.7 Å². The molecule has 0 aromatic heterocycles. The maximum atomic E-state index is 6.74. The molecule has 0 aliphatic rings.